The molecule has 8 heteroatoms. The number of benzene rings is 2. The number of pyridine rings is 1. The topological polar surface area (TPSA) is 34.0 Å². The first-order valence-electron chi connectivity index (χ1n) is 11.0. The minimum atomic E-state index is -4.35. The second-order valence-corrected chi connectivity index (χ2v) is 8.42. The number of alkyl halides is 3. The van der Waals surface area contributed by atoms with Gasteiger partial charge in [-0.25, -0.2) is 4.39 Å². The molecule has 3 heterocycles. The standard InChI is InChI=1S/C26H22F4N4/c27-21-8-6-19(7-9-21)25-24(20-10-11-31-22(14-20)15-26(28,29)30)23-17-33(12-13-34(23)32-25)16-18-4-2-1-3-5-18/h1-11,14H,12-13,15-17H2. The van der Waals surface area contributed by atoms with Crippen LogP contribution >= 0.6 is 0 Å². The van der Waals surface area contributed by atoms with Gasteiger partial charge in [-0.3, -0.25) is 14.6 Å². The lowest BCUT2D eigenvalue weighted by Gasteiger charge is -2.28. The number of fused-ring (bicyclic) bond motifs is 1. The van der Waals surface area contributed by atoms with Gasteiger partial charge in [0.2, 0.25) is 0 Å². The van der Waals surface area contributed by atoms with Gasteiger partial charge in [0.1, 0.15) is 11.5 Å². The molecule has 34 heavy (non-hydrogen) atoms. The molecular formula is C26H22F4N4. The minimum Gasteiger partial charge on any atom is -0.291 e. The Morgan fingerprint density at radius 2 is 1.65 bits per heavy atom. The number of rotatable bonds is 5. The summed E-state index contributed by atoms with van der Waals surface area (Å²) in [6.45, 7) is 2.79. The van der Waals surface area contributed by atoms with Gasteiger partial charge >= 0.3 is 6.18 Å². The van der Waals surface area contributed by atoms with Crippen molar-refractivity contribution < 1.29 is 17.6 Å². The van der Waals surface area contributed by atoms with Crippen LogP contribution in [-0.2, 0) is 26.1 Å². The van der Waals surface area contributed by atoms with E-state index in [-0.39, 0.29) is 11.5 Å². The molecule has 0 spiro atoms. The van der Waals surface area contributed by atoms with Crippen molar-refractivity contribution in [3.05, 3.63) is 95.7 Å². The number of hydrogen-bond acceptors (Lipinski definition) is 3. The second kappa shape index (κ2) is 9.02. The van der Waals surface area contributed by atoms with Gasteiger partial charge in [0.05, 0.1) is 18.7 Å². The molecule has 0 bridgehead atoms. The molecule has 0 aliphatic carbocycles. The fourth-order valence-electron chi connectivity index (χ4n) is 4.39. The average Bonchev–Trinajstić information content (AvgIpc) is 3.18. The lowest BCUT2D eigenvalue weighted by atomic mass is 9.97. The molecule has 2 aromatic heterocycles. The quantitative estimate of drug-likeness (QED) is 0.345. The van der Waals surface area contributed by atoms with Gasteiger partial charge < -0.3 is 0 Å². The molecule has 0 N–H and O–H groups in total. The zero-order valence-corrected chi connectivity index (χ0v) is 18.3. The van der Waals surface area contributed by atoms with E-state index < -0.39 is 12.6 Å². The van der Waals surface area contributed by atoms with Crippen LogP contribution in [0.5, 0.6) is 0 Å². The highest BCUT2D eigenvalue weighted by Gasteiger charge is 2.30. The number of hydrogen-bond donors (Lipinski definition) is 0. The van der Waals surface area contributed by atoms with E-state index in [1.807, 2.05) is 22.9 Å². The van der Waals surface area contributed by atoms with Gasteiger partial charge in [0.15, 0.2) is 0 Å². The van der Waals surface area contributed by atoms with E-state index in [2.05, 4.69) is 22.0 Å². The highest BCUT2D eigenvalue weighted by molar-refractivity contribution is 5.83. The molecular weight excluding hydrogens is 444 g/mol. The molecule has 5 rings (SSSR count). The number of nitrogens with zero attached hydrogens (tertiary/aromatic N) is 4. The molecule has 0 fully saturated rings. The maximum atomic E-state index is 13.6. The zero-order chi connectivity index (χ0) is 23.7. The highest BCUT2D eigenvalue weighted by Crippen LogP contribution is 2.37. The Bertz CT molecular complexity index is 1280. The monoisotopic (exact) mass is 466 g/mol. The third-order valence-electron chi connectivity index (χ3n) is 5.91. The smallest absolute Gasteiger partial charge is 0.291 e. The lowest BCUT2D eigenvalue weighted by molar-refractivity contribution is -0.127. The van der Waals surface area contributed by atoms with Crippen LogP contribution in [-0.4, -0.2) is 32.4 Å². The molecule has 1 aliphatic heterocycles. The third kappa shape index (κ3) is 4.87. The van der Waals surface area contributed by atoms with E-state index in [1.54, 1.807) is 18.2 Å². The van der Waals surface area contributed by atoms with Crippen molar-refractivity contribution in [1.82, 2.24) is 19.7 Å². The van der Waals surface area contributed by atoms with Crippen molar-refractivity contribution in [3.8, 4) is 22.4 Å². The van der Waals surface area contributed by atoms with Crippen LogP contribution in [0.3, 0.4) is 0 Å². The molecule has 2 aromatic carbocycles. The Balaban J connectivity index is 1.57. The normalized spacial score (nSPS) is 14.2. The van der Waals surface area contributed by atoms with Crippen molar-refractivity contribution in [3.63, 3.8) is 0 Å². The summed E-state index contributed by atoms with van der Waals surface area (Å²) in [5, 5.41) is 4.80. The fraction of sp³-hybridized carbons (Fsp3) is 0.231. The Hall–Kier alpha value is -3.52. The summed E-state index contributed by atoms with van der Waals surface area (Å²) < 4.78 is 54.6. The molecule has 0 saturated heterocycles. The Morgan fingerprint density at radius 1 is 0.882 bits per heavy atom. The number of aromatic nitrogens is 3. The maximum Gasteiger partial charge on any atom is 0.394 e. The van der Waals surface area contributed by atoms with Crippen LogP contribution < -0.4 is 0 Å². The Labute approximate surface area is 194 Å². The Kier molecular flexibility index (Phi) is 5.91. The first kappa shape index (κ1) is 22.3. The Morgan fingerprint density at radius 3 is 2.38 bits per heavy atom. The van der Waals surface area contributed by atoms with E-state index in [9.17, 15) is 17.6 Å². The maximum absolute atomic E-state index is 13.6. The molecule has 4 aromatic rings. The molecule has 1 aliphatic rings. The van der Waals surface area contributed by atoms with E-state index >= 15 is 0 Å². The van der Waals surface area contributed by atoms with Crippen LogP contribution in [0.2, 0.25) is 0 Å². The second-order valence-electron chi connectivity index (χ2n) is 8.42. The van der Waals surface area contributed by atoms with Crippen LogP contribution in [0.25, 0.3) is 22.4 Å². The van der Waals surface area contributed by atoms with Gasteiger partial charge in [-0.1, -0.05) is 30.3 Å². The van der Waals surface area contributed by atoms with Gasteiger partial charge in [0.25, 0.3) is 0 Å². The average molecular weight is 466 g/mol. The zero-order valence-electron chi connectivity index (χ0n) is 18.3. The largest absolute Gasteiger partial charge is 0.394 e. The molecule has 0 amide bonds. The number of halogens is 4. The molecule has 4 nitrogen and oxygen atoms in total. The molecule has 0 saturated carbocycles. The molecule has 0 atom stereocenters. The van der Waals surface area contributed by atoms with Gasteiger partial charge in [-0.15, -0.1) is 0 Å². The molecule has 0 unspecified atom stereocenters. The van der Waals surface area contributed by atoms with Crippen molar-refractivity contribution in [2.75, 3.05) is 6.54 Å². The lowest BCUT2D eigenvalue weighted by Crippen LogP contribution is -2.33. The van der Waals surface area contributed by atoms with E-state index in [1.165, 1.54) is 30.0 Å². The third-order valence-corrected chi connectivity index (χ3v) is 5.91. The summed E-state index contributed by atoms with van der Waals surface area (Å²) in [4.78, 5) is 6.22. The van der Waals surface area contributed by atoms with Crippen LogP contribution in [0, 0.1) is 5.82 Å². The van der Waals surface area contributed by atoms with E-state index in [0.29, 0.717) is 29.9 Å². The minimum absolute atomic E-state index is 0.0491. The first-order chi connectivity index (χ1) is 16.4. The first-order valence-corrected chi connectivity index (χ1v) is 11.0. The molecule has 174 valence electrons. The predicted molar refractivity (Wildman–Crippen MR) is 121 cm³/mol. The SMILES string of the molecule is Fc1ccc(-c2nn3c(c2-c2ccnc(CC(F)(F)F)c2)CN(Cc2ccccc2)CC3)cc1. The molecule has 0 radical (unpaired) electrons. The summed E-state index contributed by atoms with van der Waals surface area (Å²) in [7, 11) is 0. The van der Waals surface area contributed by atoms with Gasteiger partial charge in [-0.2, -0.15) is 18.3 Å². The summed E-state index contributed by atoms with van der Waals surface area (Å²) in [6.07, 6.45) is -4.05. The van der Waals surface area contributed by atoms with Crippen LogP contribution in [0.15, 0.2) is 72.9 Å². The van der Waals surface area contributed by atoms with Gasteiger partial charge in [0, 0.05) is 42.7 Å². The van der Waals surface area contributed by atoms with Crippen molar-refractivity contribution in [2.24, 2.45) is 0 Å². The van der Waals surface area contributed by atoms with Crippen LogP contribution in [0.1, 0.15) is 17.0 Å². The van der Waals surface area contributed by atoms with E-state index in [4.69, 9.17) is 5.10 Å². The summed E-state index contributed by atoms with van der Waals surface area (Å²) in [5.41, 5.74) is 4.78. The summed E-state index contributed by atoms with van der Waals surface area (Å²) in [5.74, 6) is -0.361. The summed E-state index contributed by atoms with van der Waals surface area (Å²) >= 11 is 0. The fourth-order valence-corrected chi connectivity index (χ4v) is 4.39. The van der Waals surface area contributed by atoms with Gasteiger partial charge in [-0.05, 0) is 47.5 Å². The predicted octanol–water partition coefficient (Wildman–Crippen LogP) is 5.87. The van der Waals surface area contributed by atoms with Crippen molar-refractivity contribution in [2.45, 2.75) is 32.2 Å². The van der Waals surface area contributed by atoms with Crippen LogP contribution in [0.4, 0.5) is 17.6 Å². The van der Waals surface area contributed by atoms with Crippen molar-refractivity contribution in [1.29, 1.82) is 0 Å². The van der Waals surface area contributed by atoms with E-state index in [0.717, 1.165) is 24.3 Å². The highest BCUT2D eigenvalue weighted by atomic mass is 19.4. The van der Waals surface area contributed by atoms with Crippen molar-refractivity contribution >= 4 is 0 Å². The summed E-state index contributed by atoms with van der Waals surface area (Å²) in [6, 6.07) is 19.3.